The fourth-order valence-electron chi connectivity index (χ4n) is 4.02. The van der Waals surface area contributed by atoms with Gasteiger partial charge in [0.1, 0.15) is 11.5 Å². The summed E-state index contributed by atoms with van der Waals surface area (Å²) in [5.74, 6) is -1.13. The van der Waals surface area contributed by atoms with Crippen molar-refractivity contribution < 1.29 is 14.0 Å². The number of benzene rings is 2. The molecule has 1 aromatic heterocycles. The number of nitrogens with two attached hydrogens (primary N) is 1. The van der Waals surface area contributed by atoms with Gasteiger partial charge in [-0.05, 0) is 48.9 Å². The highest BCUT2D eigenvalue weighted by molar-refractivity contribution is 6.31. The number of nitrogens with zero attached hydrogens (tertiary/aromatic N) is 5. The molecule has 0 fully saturated rings. The lowest BCUT2D eigenvalue weighted by molar-refractivity contribution is 0.102. The van der Waals surface area contributed by atoms with Gasteiger partial charge in [0.25, 0.3) is 5.91 Å². The topological polar surface area (TPSA) is 141 Å². The van der Waals surface area contributed by atoms with Crippen LogP contribution in [0, 0.1) is 28.5 Å². The van der Waals surface area contributed by atoms with Gasteiger partial charge in [-0.3, -0.25) is 9.48 Å². The Morgan fingerprint density at radius 2 is 1.97 bits per heavy atom. The highest BCUT2D eigenvalue weighted by Crippen LogP contribution is 2.35. The van der Waals surface area contributed by atoms with Crippen LogP contribution in [0.5, 0.6) is 0 Å². The molecule has 0 saturated heterocycles. The van der Waals surface area contributed by atoms with Crippen LogP contribution in [0.3, 0.4) is 0 Å². The molecule has 0 bridgehead atoms. The lowest BCUT2D eigenvalue weighted by Gasteiger charge is -2.33. The molecule has 0 radical (unpaired) electrons. The molecule has 11 heteroatoms. The normalized spacial score (nSPS) is 14.5. The van der Waals surface area contributed by atoms with E-state index in [2.05, 4.69) is 16.5 Å². The average molecular weight is 492 g/mol. The first-order valence-corrected chi connectivity index (χ1v) is 11.0. The Hall–Kier alpha value is -4.41. The van der Waals surface area contributed by atoms with Gasteiger partial charge in [0.05, 0.1) is 46.6 Å². The van der Waals surface area contributed by atoms with Gasteiger partial charge in [-0.25, -0.2) is 9.18 Å². The number of rotatable bonds is 5. The number of urea groups is 1. The molecule has 2 heterocycles. The minimum Gasteiger partial charge on any atom is -0.351 e. The van der Waals surface area contributed by atoms with Crippen LogP contribution >= 0.6 is 11.6 Å². The van der Waals surface area contributed by atoms with E-state index in [0.29, 0.717) is 28.9 Å². The maximum absolute atomic E-state index is 13.8. The first-order chi connectivity index (χ1) is 16.8. The molecule has 176 valence electrons. The summed E-state index contributed by atoms with van der Waals surface area (Å²) >= 11 is 6.00. The molecule has 9 nitrogen and oxygen atoms in total. The molecule has 4 rings (SSSR count). The van der Waals surface area contributed by atoms with Gasteiger partial charge in [-0.1, -0.05) is 11.6 Å². The second-order valence-corrected chi connectivity index (χ2v) is 8.36. The number of aromatic nitrogens is 2. The Morgan fingerprint density at radius 3 is 2.60 bits per heavy atom. The standard InChI is InChI=1S/C24H19ClFN7O2/c25-18-10-15(5-8-19(18)26)22-21(23(34)30-16-6-3-14(11-28)4-7-16)20-13-32(24(29)35)12-17(2-1-9-27)33(20)31-22/h3-8,10,17H,1-2,12-13H2,(H2,29,35)(H,30,34). The second-order valence-electron chi connectivity index (χ2n) is 7.96. The van der Waals surface area contributed by atoms with E-state index in [1.165, 1.54) is 23.1 Å². The van der Waals surface area contributed by atoms with E-state index in [1.807, 2.05) is 6.07 Å². The van der Waals surface area contributed by atoms with Crippen LogP contribution in [-0.2, 0) is 6.54 Å². The second kappa shape index (κ2) is 9.84. The minimum absolute atomic E-state index is 0.0242. The largest absolute Gasteiger partial charge is 0.351 e. The summed E-state index contributed by atoms with van der Waals surface area (Å²) in [5.41, 5.74) is 7.70. The zero-order valence-corrected chi connectivity index (χ0v) is 19.1. The quantitative estimate of drug-likeness (QED) is 0.550. The SMILES string of the molecule is N#CCCC1CN(C(N)=O)Cc2c(C(=O)Nc3ccc(C#N)cc3)c(-c3ccc(F)c(Cl)c3)nn21. The number of carbonyl (C=O) groups is 2. The van der Waals surface area contributed by atoms with Gasteiger partial charge in [0, 0.05) is 24.2 Å². The zero-order chi connectivity index (χ0) is 25.1. The van der Waals surface area contributed by atoms with E-state index < -0.39 is 23.8 Å². The Bertz CT molecular complexity index is 1390. The van der Waals surface area contributed by atoms with Crippen molar-refractivity contribution in [1.82, 2.24) is 14.7 Å². The van der Waals surface area contributed by atoms with E-state index in [-0.39, 0.29) is 35.8 Å². The van der Waals surface area contributed by atoms with Crippen LogP contribution in [0.4, 0.5) is 14.9 Å². The number of carbonyl (C=O) groups excluding carboxylic acids is 2. The molecule has 3 amide bonds. The minimum atomic E-state index is -0.663. The molecule has 2 aromatic carbocycles. The van der Waals surface area contributed by atoms with E-state index >= 15 is 0 Å². The first kappa shape index (κ1) is 23.7. The highest BCUT2D eigenvalue weighted by atomic mass is 35.5. The number of nitriles is 2. The Morgan fingerprint density at radius 1 is 1.23 bits per heavy atom. The monoisotopic (exact) mass is 491 g/mol. The van der Waals surface area contributed by atoms with Crippen molar-refractivity contribution in [3.63, 3.8) is 0 Å². The molecule has 1 unspecified atom stereocenters. The Kier molecular flexibility index (Phi) is 6.67. The van der Waals surface area contributed by atoms with Crippen molar-refractivity contribution in [3.8, 4) is 23.4 Å². The highest BCUT2D eigenvalue weighted by Gasteiger charge is 2.34. The number of primary amides is 1. The number of halogens is 2. The molecular weight excluding hydrogens is 473 g/mol. The van der Waals surface area contributed by atoms with Gasteiger partial charge in [0.2, 0.25) is 0 Å². The van der Waals surface area contributed by atoms with E-state index in [1.54, 1.807) is 28.9 Å². The van der Waals surface area contributed by atoms with Crippen molar-refractivity contribution in [2.24, 2.45) is 5.73 Å². The smallest absolute Gasteiger partial charge is 0.315 e. The van der Waals surface area contributed by atoms with Crippen LogP contribution in [0.25, 0.3) is 11.3 Å². The van der Waals surface area contributed by atoms with Crippen molar-refractivity contribution in [2.45, 2.75) is 25.4 Å². The fraction of sp³-hybridized carbons (Fsp3) is 0.208. The molecule has 1 atom stereocenters. The molecule has 3 aromatic rings. The third-order valence-electron chi connectivity index (χ3n) is 5.72. The first-order valence-electron chi connectivity index (χ1n) is 10.6. The molecule has 1 aliphatic heterocycles. The maximum Gasteiger partial charge on any atom is 0.315 e. The Balaban J connectivity index is 1.84. The molecule has 0 aliphatic carbocycles. The summed E-state index contributed by atoms with van der Waals surface area (Å²) in [6.45, 7) is 0.252. The van der Waals surface area contributed by atoms with Crippen LogP contribution in [-0.4, -0.2) is 33.2 Å². The van der Waals surface area contributed by atoms with Gasteiger partial charge < -0.3 is 16.0 Å². The summed E-state index contributed by atoms with van der Waals surface area (Å²) in [4.78, 5) is 27.0. The van der Waals surface area contributed by atoms with Crippen molar-refractivity contribution in [1.29, 1.82) is 10.5 Å². The van der Waals surface area contributed by atoms with Crippen molar-refractivity contribution >= 4 is 29.2 Å². The number of hydrogen-bond acceptors (Lipinski definition) is 5. The summed E-state index contributed by atoms with van der Waals surface area (Å²) in [6.07, 6.45) is 0.594. The van der Waals surface area contributed by atoms with Crippen molar-refractivity contribution in [3.05, 3.63) is 70.1 Å². The van der Waals surface area contributed by atoms with Gasteiger partial charge >= 0.3 is 6.03 Å². The zero-order valence-electron chi connectivity index (χ0n) is 18.3. The van der Waals surface area contributed by atoms with Gasteiger partial charge in [0.15, 0.2) is 0 Å². The fourth-order valence-corrected chi connectivity index (χ4v) is 4.20. The van der Waals surface area contributed by atoms with Gasteiger partial charge in [-0.2, -0.15) is 15.6 Å². The number of nitrogens with one attached hydrogen (secondary N) is 1. The van der Waals surface area contributed by atoms with E-state index in [9.17, 15) is 14.0 Å². The summed E-state index contributed by atoms with van der Waals surface area (Å²) < 4.78 is 15.5. The molecular formula is C24H19ClFN7O2. The van der Waals surface area contributed by atoms with Gasteiger partial charge in [-0.15, -0.1) is 0 Å². The van der Waals surface area contributed by atoms with Crippen LogP contribution in [0.2, 0.25) is 5.02 Å². The van der Waals surface area contributed by atoms with E-state index in [0.717, 1.165) is 0 Å². The number of amides is 3. The predicted octanol–water partition coefficient (Wildman–Crippen LogP) is 4.21. The van der Waals surface area contributed by atoms with Crippen LogP contribution in [0.1, 0.15) is 40.5 Å². The maximum atomic E-state index is 13.8. The molecule has 0 spiro atoms. The number of anilines is 1. The summed E-state index contributed by atoms with van der Waals surface area (Å²) in [5, 5.41) is 25.4. The summed E-state index contributed by atoms with van der Waals surface area (Å²) in [6, 6.07) is 13.4. The lowest BCUT2D eigenvalue weighted by atomic mass is 10.0. The summed E-state index contributed by atoms with van der Waals surface area (Å²) in [7, 11) is 0. The number of hydrogen-bond donors (Lipinski definition) is 2. The average Bonchev–Trinajstić information content (AvgIpc) is 3.24. The predicted molar refractivity (Wildman–Crippen MR) is 126 cm³/mol. The lowest BCUT2D eigenvalue weighted by Crippen LogP contribution is -2.44. The third kappa shape index (κ3) is 4.79. The van der Waals surface area contributed by atoms with Crippen LogP contribution < -0.4 is 11.1 Å². The molecule has 1 aliphatic rings. The third-order valence-corrected chi connectivity index (χ3v) is 6.01. The van der Waals surface area contributed by atoms with Crippen LogP contribution in [0.15, 0.2) is 42.5 Å². The molecule has 3 N–H and O–H groups in total. The van der Waals surface area contributed by atoms with E-state index in [4.69, 9.17) is 27.9 Å². The molecule has 35 heavy (non-hydrogen) atoms. The number of fused-ring (bicyclic) bond motifs is 1. The van der Waals surface area contributed by atoms with Crippen molar-refractivity contribution in [2.75, 3.05) is 11.9 Å². The molecule has 0 saturated carbocycles. The Labute approximate surface area is 205 Å².